The number of hydrogen-bond donors (Lipinski definition) is 3. The molecule has 4 aromatic carbocycles. The standard InChI is InChI=1S/C45H46N6O10/c1-2-40(54)48-26-31(27-48)50-25-30-11-10-29(35-24-32(52)22-28-6-3-4-7-33(28)35)23-38(30)49(45(50)58)15-17-60-19-21-61-20-18-59-16-14-46-36-9-5-8-34-41(36)44(57)51(43(34)56)37-12-13-39(53)47-42(37)55/h2-11,22-24,31,37,46,52H,1,12-21,25-27H2,(H,47,53,55). The second-order valence-electron chi connectivity index (χ2n) is 15.2. The molecule has 2 fully saturated rings. The summed E-state index contributed by atoms with van der Waals surface area (Å²) in [7, 11) is 0. The summed E-state index contributed by atoms with van der Waals surface area (Å²) in [4.78, 5) is 82.7. The molecule has 0 spiro atoms. The highest BCUT2D eigenvalue weighted by atomic mass is 16.5. The summed E-state index contributed by atoms with van der Waals surface area (Å²) in [6.45, 7) is 7.22. The highest BCUT2D eigenvalue weighted by molar-refractivity contribution is 6.25. The van der Waals surface area contributed by atoms with Crippen molar-refractivity contribution >= 4 is 57.7 Å². The number of piperidine rings is 1. The Kier molecular flexibility index (Phi) is 12.1. The van der Waals surface area contributed by atoms with Crippen molar-refractivity contribution in [3.8, 4) is 16.9 Å². The average molecular weight is 831 g/mol. The molecular weight excluding hydrogens is 785 g/mol. The van der Waals surface area contributed by atoms with E-state index in [0.29, 0.717) is 58.3 Å². The van der Waals surface area contributed by atoms with Gasteiger partial charge in [0.2, 0.25) is 17.7 Å². The van der Waals surface area contributed by atoms with E-state index in [1.165, 1.54) is 6.08 Å². The van der Waals surface area contributed by atoms with Gasteiger partial charge in [0.05, 0.1) is 69.0 Å². The lowest BCUT2D eigenvalue weighted by Crippen LogP contribution is -2.64. The van der Waals surface area contributed by atoms with Gasteiger partial charge in [-0.3, -0.25) is 39.1 Å². The summed E-state index contributed by atoms with van der Waals surface area (Å²) in [5.74, 6) is -2.25. The number of phenolic OH excluding ortho intramolecular Hbond substituents is 1. The van der Waals surface area contributed by atoms with Crippen LogP contribution in [0.4, 0.5) is 16.2 Å². The van der Waals surface area contributed by atoms with Gasteiger partial charge in [-0.15, -0.1) is 0 Å². The lowest BCUT2D eigenvalue weighted by Gasteiger charge is -2.48. The van der Waals surface area contributed by atoms with Gasteiger partial charge in [-0.25, -0.2) is 4.79 Å². The average Bonchev–Trinajstić information content (AvgIpc) is 3.49. The number of nitrogens with zero attached hydrogens (tertiary/aromatic N) is 4. The Morgan fingerprint density at radius 2 is 1.61 bits per heavy atom. The van der Waals surface area contributed by atoms with E-state index in [0.717, 1.165) is 38.1 Å². The highest BCUT2D eigenvalue weighted by Gasteiger charge is 2.46. The predicted octanol–water partition coefficient (Wildman–Crippen LogP) is 3.91. The molecule has 316 valence electrons. The third-order valence-corrected chi connectivity index (χ3v) is 11.4. The first-order valence-corrected chi connectivity index (χ1v) is 20.3. The van der Waals surface area contributed by atoms with Crippen molar-refractivity contribution in [1.82, 2.24) is 20.0 Å². The van der Waals surface area contributed by atoms with Crippen LogP contribution >= 0.6 is 0 Å². The van der Waals surface area contributed by atoms with Crippen molar-refractivity contribution in [1.29, 1.82) is 0 Å². The molecule has 4 aromatic rings. The van der Waals surface area contributed by atoms with E-state index < -0.39 is 29.7 Å². The van der Waals surface area contributed by atoms with E-state index in [2.05, 4.69) is 17.2 Å². The van der Waals surface area contributed by atoms with Crippen LogP contribution in [0.2, 0.25) is 0 Å². The zero-order valence-corrected chi connectivity index (χ0v) is 33.5. The molecule has 4 heterocycles. The van der Waals surface area contributed by atoms with Crippen molar-refractivity contribution in [3.63, 3.8) is 0 Å². The van der Waals surface area contributed by atoms with Crippen LogP contribution in [0.15, 0.2) is 85.5 Å². The number of ether oxygens (including phenoxy) is 3. The zero-order valence-electron chi connectivity index (χ0n) is 33.5. The molecule has 8 rings (SSSR count). The van der Waals surface area contributed by atoms with Gasteiger partial charge in [-0.2, -0.15) is 0 Å². The van der Waals surface area contributed by atoms with E-state index in [4.69, 9.17) is 14.2 Å². The van der Waals surface area contributed by atoms with Gasteiger partial charge in [0.15, 0.2) is 0 Å². The maximum Gasteiger partial charge on any atom is 0.325 e. The molecule has 4 aliphatic heterocycles. The first-order chi connectivity index (χ1) is 29.6. The Balaban J connectivity index is 0.799. The highest BCUT2D eigenvalue weighted by Crippen LogP contribution is 2.39. The summed E-state index contributed by atoms with van der Waals surface area (Å²) in [5, 5.41) is 17.8. The van der Waals surface area contributed by atoms with Gasteiger partial charge in [0, 0.05) is 38.3 Å². The maximum absolute atomic E-state index is 14.1. The number of carbonyl (C=O) groups excluding carboxylic acids is 6. The molecule has 0 bridgehead atoms. The van der Waals surface area contributed by atoms with E-state index in [1.54, 1.807) is 40.1 Å². The molecule has 61 heavy (non-hydrogen) atoms. The number of nitrogens with one attached hydrogen (secondary N) is 2. The van der Waals surface area contributed by atoms with Crippen molar-refractivity contribution in [2.45, 2.75) is 31.5 Å². The largest absolute Gasteiger partial charge is 0.508 e. The predicted molar refractivity (Wildman–Crippen MR) is 224 cm³/mol. The molecule has 1 atom stereocenters. The number of fused-ring (bicyclic) bond motifs is 3. The Morgan fingerprint density at radius 1 is 0.852 bits per heavy atom. The lowest BCUT2D eigenvalue weighted by molar-refractivity contribution is -0.136. The van der Waals surface area contributed by atoms with E-state index >= 15 is 0 Å². The monoisotopic (exact) mass is 830 g/mol. The minimum absolute atomic E-state index is 0.0461. The van der Waals surface area contributed by atoms with Gasteiger partial charge in [-0.05, 0) is 70.3 Å². The Bertz CT molecular complexity index is 2410. The molecule has 0 aromatic heterocycles. The number of rotatable bonds is 17. The Hall–Kier alpha value is -6.62. The minimum atomic E-state index is -1.04. The van der Waals surface area contributed by atoms with Crippen LogP contribution in [0, 0.1) is 0 Å². The van der Waals surface area contributed by atoms with Crippen LogP contribution in [0.3, 0.4) is 0 Å². The summed E-state index contributed by atoms with van der Waals surface area (Å²) >= 11 is 0. The number of anilines is 2. The van der Waals surface area contributed by atoms with Crippen molar-refractivity contribution in [2.24, 2.45) is 0 Å². The second kappa shape index (κ2) is 17.9. The fourth-order valence-corrected chi connectivity index (χ4v) is 8.24. The van der Waals surface area contributed by atoms with Crippen molar-refractivity contribution in [2.75, 3.05) is 76.0 Å². The SMILES string of the molecule is C=CC(=O)N1CC(N2Cc3ccc(-c4cc(O)cc5ccccc45)cc3N(CCOCCOCCOCCNc3cccc4c3C(=O)N(C3CCC(=O)NC3=O)C4=O)C2=O)C1. The molecule has 16 heteroatoms. The molecule has 0 radical (unpaired) electrons. The van der Waals surface area contributed by atoms with E-state index in [1.807, 2.05) is 47.4 Å². The van der Waals surface area contributed by atoms with Crippen LogP contribution in [0.25, 0.3) is 21.9 Å². The number of phenols is 1. The maximum atomic E-state index is 14.1. The summed E-state index contributed by atoms with van der Waals surface area (Å²) < 4.78 is 17.3. The van der Waals surface area contributed by atoms with Crippen LogP contribution in [-0.2, 0) is 35.1 Å². The third kappa shape index (κ3) is 8.42. The lowest BCUT2D eigenvalue weighted by atomic mass is 9.95. The fraction of sp³-hybridized carbons (Fsp3) is 0.333. The van der Waals surface area contributed by atoms with Crippen molar-refractivity contribution < 1.29 is 48.1 Å². The molecule has 1 unspecified atom stereocenters. The number of benzene rings is 4. The fourth-order valence-electron chi connectivity index (χ4n) is 8.24. The second-order valence-corrected chi connectivity index (χ2v) is 15.2. The number of aromatic hydroxyl groups is 1. The number of amides is 7. The molecule has 16 nitrogen and oxygen atoms in total. The first-order valence-electron chi connectivity index (χ1n) is 20.3. The molecule has 4 aliphatic rings. The zero-order chi connectivity index (χ0) is 42.6. The number of urea groups is 1. The van der Waals surface area contributed by atoms with Crippen LogP contribution in [-0.4, -0.2) is 133 Å². The molecule has 3 N–H and O–H groups in total. The van der Waals surface area contributed by atoms with Gasteiger partial charge in [-0.1, -0.05) is 49.0 Å². The quantitative estimate of drug-likeness (QED) is 0.0796. The molecule has 7 amide bonds. The van der Waals surface area contributed by atoms with Crippen LogP contribution < -0.4 is 15.5 Å². The van der Waals surface area contributed by atoms with Crippen LogP contribution in [0.5, 0.6) is 5.75 Å². The summed E-state index contributed by atoms with van der Waals surface area (Å²) in [6.07, 6.45) is 1.41. The van der Waals surface area contributed by atoms with Gasteiger partial charge in [0.25, 0.3) is 11.8 Å². The Morgan fingerprint density at radius 3 is 2.38 bits per heavy atom. The van der Waals surface area contributed by atoms with Crippen molar-refractivity contribution in [3.05, 3.63) is 102 Å². The Labute approximate surface area is 351 Å². The normalized spacial score (nSPS) is 17.7. The third-order valence-electron chi connectivity index (χ3n) is 11.4. The van der Waals surface area contributed by atoms with Gasteiger partial charge < -0.3 is 34.4 Å². The van der Waals surface area contributed by atoms with Gasteiger partial charge >= 0.3 is 6.03 Å². The number of imide groups is 2. The van der Waals surface area contributed by atoms with E-state index in [-0.39, 0.29) is 67.5 Å². The number of carbonyl (C=O) groups is 6. The topological polar surface area (TPSA) is 187 Å². The first kappa shape index (κ1) is 41.1. The molecular formula is C45H46N6O10. The number of hydrogen-bond acceptors (Lipinski definition) is 11. The molecule has 0 aliphatic carbocycles. The number of likely N-dealkylation sites (tertiary alicyclic amines) is 1. The van der Waals surface area contributed by atoms with Crippen LogP contribution in [0.1, 0.15) is 39.1 Å². The van der Waals surface area contributed by atoms with E-state index in [9.17, 15) is 33.9 Å². The molecule has 0 saturated carbocycles. The smallest absolute Gasteiger partial charge is 0.325 e. The van der Waals surface area contributed by atoms with Gasteiger partial charge in [0.1, 0.15) is 11.8 Å². The summed E-state index contributed by atoms with van der Waals surface area (Å²) in [5.41, 5.74) is 4.28. The molecule has 2 saturated heterocycles. The minimum Gasteiger partial charge on any atom is -0.508 e. The summed E-state index contributed by atoms with van der Waals surface area (Å²) in [6, 6.07) is 20.9.